The van der Waals surface area contributed by atoms with Crippen molar-refractivity contribution in [1.82, 2.24) is 14.9 Å². The summed E-state index contributed by atoms with van der Waals surface area (Å²) in [6.45, 7) is 3.79. The molecule has 0 unspecified atom stereocenters. The van der Waals surface area contributed by atoms with Crippen molar-refractivity contribution in [3.05, 3.63) is 45.9 Å². The maximum Gasteiger partial charge on any atom is 0.0996 e. The first-order valence-corrected chi connectivity index (χ1v) is 6.57. The maximum atomic E-state index is 5.99. The van der Waals surface area contributed by atoms with Gasteiger partial charge in [0.25, 0.3) is 0 Å². The number of imidazole rings is 1. The van der Waals surface area contributed by atoms with Gasteiger partial charge in [-0.2, -0.15) is 0 Å². The van der Waals surface area contributed by atoms with Crippen LogP contribution in [-0.4, -0.2) is 16.1 Å². The molecule has 17 heavy (non-hydrogen) atoms. The third kappa shape index (κ3) is 3.09. The summed E-state index contributed by atoms with van der Waals surface area (Å²) in [4.78, 5) is 4.34. The second-order valence-corrected chi connectivity index (χ2v) is 4.94. The molecule has 0 saturated heterocycles. The molecule has 0 aliphatic heterocycles. The van der Waals surface area contributed by atoms with E-state index in [1.54, 1.807) is 6.33 Å². The lowest BCUT2D eigenvalue weighted by Crippen LogP contribution is -2.11. The van der Waals surface area contributed by atoms with E-state index in [1.165, 1.54) is 0 Å². The maximum absolute atomic E-state index is 5.99. The summed E-state index contributed by atoms with van der Waals surface area (Å²) in [5.41, 5.74) is 2.01. The average Bonchev–Trinajstić information content (AvgIpc) is 2.78. The van der Waals surface area contributed by atoms with Crippen molar-refractivity contribution < 1.29 is 0 Å². The Balaban J connectivity index is 2.27. The molecule has 3 nitrogen and oxygen atoms in total. The second-order valence-electron chi connectivity index (χ2n) is 3.65. The van der Waals surface area contributed by atoms with Gasteiger partial charge >= 0.3 is 0 Å². The van der Waals surface area contributed by atoms with E-state index in [0.29, 0.717) is 5.02 Å². The van der Waals surface area contributed by atoms with Crippen LogP contribution in [0.4, 0.5) is 0 Å². The molecule has 0 bridgehead atoms. The Morgan fingerprint density at radius 1 is 1.47 bits per heavy atom. The molecule has 1 heterocycles. The number of aromatic nitrogens is 2. The normalized spacial score (nSPS) is 10.8. The van der Waals surface area contributed by atoms with E-state index in [1.807, 2.05) is 29.0 Å². The van der Waals surface area contributed by atoms with E-state index in [2.05, 4.69) is 33.2 Å². The zero-order chi connectivity index (χ0) is 12.3. The fraction of sp³-hybridized carbons (Fsp3) is 0.250. The van der Waals surface area contributed by atoms with Crippen LogP contribution >= 0.6 is 27.5 Å². The molecule has 0 radical (unpaired) electrons. The summed E-state index contributed by atoms with van der Waals surface area (Å²) in [7, 11) is 0. The minimum absolute atomic E-state index is 0.713. The molecule has 0 aliphatic rings. The van der Waals surface area contributed by atoms with Gasteiger partial charge in [-0.05, 0) is 40.7 Å². The molecule has 2 rings (SSSR count). The molecule has 0 aliphatic carbocycles. The predicted octanol–water partition coefficient (Wildman–Crippen LogP) is 3.40. The van der Waals surface area contributed by atoms with Gasteiger partial charge in [-0.25, -0.2) is 4.98 Å². The second kappa shape index (κ2) is 5.67. The summed E-state index contributed by atoms with van der Waals surface area (Å²) in [6, 6.07) is 5.69. The van der Waals surface area contributed by atoms with Crippen molar-refractivity contribution in [2.75, 3.05) is 6.54 Å². The third-order valence-electron chi connectivity index (χ3n) is 2.38. The van der Waals surface area contributed by atoms with Crippen LogP contribution in [0.3, 0.4) is 0 Å². The van der Waals surface area contributed by atoms with Crippen molar-refractivity contribution >= 4 is 27.5 Å². The minimum atomic E-state index is 0.713. The van der Waals surface area contributed by atoms with Crippen LogP contribution in [-0.2, 0) is 6.54 Å². The highest BCUT2D eigenvalue weighted by molar-refractivity contribution is 9.10. The fourth-order valence-corrected chi connectivity index (χ4v) is 2.14. The minimum Gasteiger partial charge on any atom is -0.311 e. The molecule has 0 amide bonds. The van der Waals surface area contributed by atoms with Crippen LogP contribution < -0.4 is 5.32 Å². The summed E-state index contributed by atoms with van der Waals surface area (Å²) >= 11 is 9.50. The monoisotopic (exact) mass is 313 g/mol. The van der Waals surface area contributed by atoms with Crippen LogP contribution in [0, 0.1) is 0 Å². The molecule has 90 valence electrons. The fourth-order valence-electron chi connectivity index (χ4n) is 1.52. The van der Waals surface area contributed by atoms with Gasteiger partial charge < -0.3 is 9.88 Å². The molecule has 0 fully saturated rings. The van der Waals surface area contributed by atoms with E-state index in [9.17, 15) is 0 Å². The van der Waals surface area contributed by atoms with E-state index in [0.717, 1.165) is 28.9 Å². The third-order valence-corrected chi connectivity index (χ3v) is 3.28. The highest BCUT2D eigenvalue weighted by Crippen LogP contribution is 2.24. The molecule has 1 aromatic carbocycles. The molecule has 0 atom stereocenters. The largest absolute Gasteiger partial charge is 0.311 e. The highest BCUT2D eigenvalue weighted by atomic mass is 79.9. The molecule has 2 aromatic rings. The van der Waals surface area contributed by atoms with Crippen LogP contribution in [0.15, 0.2) is 35.2 Å². The SMILES string of the molecule is CCNCc1cn(-c2cc(Cl)ccc2Br)cn1. The van der Waals surface area contributed by atoms with E-state index in [-0.39, 0.29) is 0 Å². The molecule has 0 saturated carbocycles. The zero-order valence-electron chi connectivity index (χ0n) is 9.45. The Morgan fingerprint density at radius 3 is 3.06 bits per heavy atom. The number of benzene rings is 1. The lowest BCUT2D eigenvalue weighted by molar-refractivity contribution is 0.713. The van der Waals surface area contributed by atoms with Gasteiger partial charge in [-0.3, -0.25) is 0 Å². The zero-order valence-corrected chi connectivity index (χ0v) is 11.8. The van der Waals surface area contributed by atoms with Gasteiger partial charge in [0, 0.05) is 22.2 Å². The van der Waals surface area contributed by atoms with Crippen LogP contribution in [0.5, 0.6) is 0 Å². The summed E-state index contributed by atoms with van der Waals surface area (Å²) in [5, 5.41) is 3.95. The lowest BCUT2D eigenvalue weighted by atomic mass is 10.3. The van der Waals surface area contributed by atoms with Crippen molar-refractivity contribution in [2.45, 2.75) is 13.5 Å². The van der Waals surface area contributed by atoms with E-state index >= 15 is 0 Å². The first-order chi connectivity index (χ1) is 8.20. The van der Waals surface area contributed by atoms with Gasteiger partial charge in [0.1, 0.15) is 0 Å². The Morgan fingerprint density at radius 2 is 2.29 bits per heavy atom. The molecule has 1 aromatic heterocycles. The molecular weight excluding hydrogens is 302 g/mol. The summed E-state index contributed by atoms with van der Waals surface area (Å²) in [6.07, 6.45) is 3.79. The molecular formula is C12H13BrClN3. The van der Waals surface area contributed by atoms with E-state index < -0.39 is 0 Å². The number of hydrogen-bond acceptors (Lipinski definition) is 2. The van der Waals surface area contributed by atoms with Gasteiger partial charge in [0.2, 0.25) is 0 Å². The Hall–Kier alpha value is -0.840. The van der Waals surface area contributed by atoms with Gasteiger partial charge in [-0.15, -0.1) is 0 Å². The van der Waals surface area contributed by atoms with Crippen molar-refractivity contribution in [3.63, 3.8) is 0 Å². The van der Waals surface area contributed by atoms with Crippen molar-refractivity contribution in [1.29, 1.82) is 0 Å². The number of rotatable bonds is 4. The molecule has 0 spiro atoms. The predicted molar refractivity (Wildman–Crippen MR) is 73.7 cm³/mol. The Bertz CT molecular complexity index is 510. The quantitative estimate of drug-likeness (QED) is 0.937. The van der Waals surface area contributed by atoms with Gasteiger partial charge in [0.15, 0.2) is 0 Å². The average molecular weight is 315 g/mol. The first kappa shape index (κ1) is 12.6. The number of hydrogen-bond donors (Lipinski definition) is 1. The van der Waals surface area contributed by atoms with E-state index in [4.69, 9.17) is 11.6 Å². The number of nitrogens with one attached hydrogen (secondary N) is 1. The Labute approximate surface area is 114 Å². The molecule has 5 heteroatoms. The van der Waals surface area contributed by atoms with Gasteiger partial charge in [0.05, 0.1) is 17.7 Å². The number of halogens is 2. The van der Waals surface area contributed by atoms with Crippen LogP contribution in [0.2, 0.25) is 5.02 Å². The van der Waals surface area contributed by atoms with Crippen LogP contribution in [0.25, 0.3) is 5.69 Å². The van der Waals surface area contributed by atoms with Crippen molar-refractivity contribution in [2.24, 2.45) is 0 Å². The van der Waals surface area contributed by atoms with Crippen molar-refractivity contribution in [3.8, 4) is 5.69 Å². The summed E-state index contributed by atoms with van der Waals surface area (Å²) < 4.78 is 2.96. The van der Waals surface area contributed by atoms with Gasteiger partial charge in [-0.1, -0.05) is 18.5 Å². The standard InChI is InChI=1S/C12H13BrClN3/c1-2-15-6-10-7-17(8-16-10)12-5-9(14)3-4-11(12)13/h3-5,7-8,15H,2,6H2,1H3. The number of nitrogens with zero attached hydrogens (tertiary/aromatic N) is 2. The lowest BCUT2D eigenvalue weighted by Gasteiger charge is -2.05. The first-order valence-electron chi connectivity index (χ1n) is 5.39. The molecule has 1 N–H and O–H groups in total. The smallest absolute Gasteiger partial charge is 0.0996 e. The van der Waals surface area contributed by atoms with Crippen LogP contribution in [0.1, 0.15) is 12.6 Å². The Kier molecular flexibility index (Phi) is 4.20. The summed E-state index contributed by atoms with van der Waals surface area (Å²) in [5.74, 6) is 0. The topological polar surface area (TPSA) is 29.9 Å². The highest BCUT2D eigenvalue weighted by Gasteiger charge is 2.05.